The predicted octanol–water partition coefficient (Wildman–Crippen LogP) is 1.80. The van der Waals surface area contributed by atoms with Gasteiger partial charge in [-0.2, -0.15) is 0 Å². The van der Waals surface area contributed by atoms with Gasteiger partial charge in [0.25, 0.3) is 0 Å². The summed E-state index contributed by atoms with van der Waals surface area (Å²) >= 11 is 0. The van der Waals surface area contributed by atoms with E-state index in [1.54, 1.807) is 0 Å². The number of hydrogen-bond donors (Lipinski definition) is 2. The van der Waals surface area contributed by atoms with Gasteiger partial charge in [0.2, 0.25) is 0 Å². The summed E-state index contributed by atoms with van der Waals surface area (Å²) < 4.78 is 0. The molecule has 4 N–H and O–H groups in total. The standard InChI is InChI=1S/C10H22N2/c1-4-6-10(12)7-9(5-2)8(3)11/h7-8,10H,4-6,11-12H2,1-3H3/b9-7-. The molecule has 0 aromatic heterocycles. The zero-order chi connectivity index (χ0) is 9.56. The van der Waals surface area contributed by atoms with Crippen LogP contribution in [0.1, 0.15) is 40.0 Å². The van der Waals surface area contributed by atoms with Crippen LogP contribution >= 0.6 is 0 Å². The molecule has 0 aliphatic carbocycles. The average Bonchev–Trinajstić information content (AvgIpc) is 2.00. The molecule has 2 atom stereocenters. The average molecular weight is 170 g/mol. The van der Waals surface area contributed by atoms with Crippen molar-refractivity contribution in [3.8, 4) is 0 Å². The van der Waals surface area contributed by atoms with E-state index >= 15 is 0 Å². The topological polar surface area (TPSA) is 52.0 Å². The summed E-state index contributed by atoms with van der Waals surface area (Å²) in [4.78, 5) is 0. The van der Waals surface area contributed by atoms with E-state index in [2.05, 4.69) is 19.9 Å². The molecule has 0 saturated heterocycles. The van der Waals surface area contributed by atoms with E-state index in [-0.39, 0.29) is 12.1 Å². The summed E-state index contributed by atoms with van der Waals surface area (Å²) in [6, 6.07) is 0.342. The van der Waals surface area contributed by atoms with Crippen molar-refractivity contribution in [3.05, 3.63) is 11.6 Å². The van der Waals surface area contributed by atoms with E-state index in [9.17, 15) is 0 Å². The molecule has 0 spiro atoms. The molecule has 0 radical (unpaired) electrons. The van der Waals surface area contributed by atoms with Crippen molar-refractivity contribution in [1.29, 1.82) is 0 Å². The van der Waals surface area contributed by atoms with Crippen LogP contribution in [0, 0.1) is 0 Å². The molecule has 0 bridgehead atoms. The Morgan fingerprint density at radius 2 is 1.92 bits per heavy atom. The molecule has 0 fully saturated rings. The molecule has 72 valence electrons. The van der Waals surface area contributed by atoms with Gasteiger partial charge in [0.1, 0.15) is 0 Å². The Bertz CT molecular complexity index is 139. The predicted molar refractivity (Wildman–Crippen MR) is 54.9 cm³/mol. The fraction of sp³-hybridized carbons (Fsp3) is 0.800. The second kappa shape index (κ2) is 6.21. The van der Waals surface area contributed by atoms with Crippen LogP contribution in [-0.4, -0.2) is 12.1 Å². The quantitative estimate of drug-likeness (QED) is 0.618. The summed E-state index contributed by atoms with van der Waals surface area (Å²) in [5.41, 5.74) is 12.9. The third-order valence-corrected chi connectivity index (χ3v) is 2.04. The van der Waals surface area contributed by atoms with Crippen LogP contribution in [0.2, 0.25) is 0 Å². The normalized spacial score (nSPS) is 17.6. The SMILES string of the molecule is CCCC(N)/C=C(/CC)C(C)N. The van der Waals surface area contributed by atoms with Gasteiger partial charge in [0, 0.05) is 12.1 Å². The largest absolute Gasteiger partial charge is 0.324 e. The van der Waals surface area contributed by atoms with Crippen LogP contribution in [0.3, 0.4) is 0 Å². The monoisotopic (exact) mass is 170 g/mol. The second-order valence-corrected chi connectivity index (χ2v) is 3.34. The first-order chi connectivity index (χ1) is 5.61. The molecule has 0 heterocycles. The van der Waals surface area contributed by atoms with Crippen molar-refractivity contribution in [1.82, 2.24) is 0 Å². The molecule has 2 nitrogen and oxygen atoms in total. The molecule has 2 heteroatoms. The minimum atomic E-state index is 0.151. The molecule has 2 unspecified atom stereocenters. The van der Waals surface area contributed by atoms with E-state index in [4.69, 9.17) is 11.5 Å². The van der Waals surface area contributed by atoms with Crippen molar-refractivity contribution in [3.63, 3.8) is 0 Å². The van der Waals surface area contributed by atoms with Gasteiger partial charge in [0.05, 0.1) is 0 Å². The Morgan fingerprint density at radius 1 is 1.33 bits per heavy atom. The van der Waals surface area contributed by atoms with Gasteiger partial charge in [-0.05, 0) is 19.8 Å². The lowest BCUT2D eigenvalue weighted by Gasteiger charge is -2.12. The number of nitrogens with two attached hydrogens (primary N) is 2. The molecule has 0 rings (SSSR count). The van der Waals surface area contributed by atoms with Crippen molar-refractivity contribution in [2.45, 2.75) is 52.1 Å². The lowest BCUT2D eigenvalue weighted by Crippen LogP contribution is -2.23. The van der Waals surface area contributed by atoms with Crippen LogP contribution in [0.15, 0.2) is 11.6 Å². The maximum Gasteiger partial charge on any atom is 0.0226 e. The zero-order valence-electron chi connectivity index (χ0n) is 8.51. The Kier molecular flexibility index (Phi) is 6.03. The smallest absolute Gasteiger partial charge is 0.0226 e. The highest BCUT2D eigenvalue weighted by atomic mass is 14.6. The van der Waals surface area contributed by atoms with Crippen molar-refractivity contribution >= 4 is 0 Å². The fourth-order valence-corrected chi connectivity index (χ4v) is 1.28. The summed E-state index contributed by atoms with van der Waals surface area (Å²) in [5.74, 6) is 0. The highest BCUT2D eigenvalue weighted by Gasteiger charge is 2.03. The van der Waals surface area contributed by atoms with Gasteiger partial charge in [-0.15, -0.1) is 0 Å². The molecule has 0 aromatic rings. The summed E-state index contributed by atoms with van der Waals surface area (Å²) in [7, 11) is 0. The summed E-state index contributed by atoms with van der Waals surface area (Å²) in [6.45, 7) is 6.27. The summed E-state index contributed by atoms with van der Waals surface area (Å²) in [5, 5.41) is 0. The maximum absolute atomic E-state index is 5.87. The molecular formula is C10H22N2. The lowest BCUT2D eigenvalue weighted by molar-refractivity contribution is 0.685. The fourth-order valence-electron chi connectivity index (χ4n) is 1.28. The Hall–Kier alpha value is -0.340. The Balaban J connectivity index is 4.07. The zero-order valence-corrected chi connectivity index (χ0v) is 8.51. The van der Waals surface area contributed by atoms with Crippen LogP contribution in [0.5, 0.6) is 0 Å². The van der Waals surface area contributed by atoms with E-state index < -0.39 is 0 Å². The third kappa shape index (κ3) is 4.52. The Labute approximate surface area is 76.0 Å². The van der Waals surface area contributed by atoms with Gasteiger partial charge >= 0.3 is 0 Å². The maximum atomic E-state index is 5.87. The molecular weight excluding hydrogens is 148 g/mol. The Morgan fingerprint density at radius 3 is 2.25 bits per heavy atom. The summed E-state index contributed by atoms with van der Waals surface area (Å²) in [6.07, 6.45) is 5.31. The first kappa shape index (κ1) is 11.7. The van der Waals surface area contributed by atoms with Crippen molar-refractivity contribution < 1.29 is 0 Å². The minimum Gasteiger partial charge on any atom is -0.324 e. The van der Waals surface area contributed by atoms with E-state index in [0.717, 1.165) is 19.3 Å². The first-order valence-electron chi connectivity index (χ1n) is 4.83. The highest BCUT2D eigenvalue weighted by Crippen LogP contribution is 2.07. The van der Waals surface area contributed by atoms with Gasteiger partial charge in [0.15, 0.2) is 0 Å². The van der Waals surface area contributed by atoms with Gasteiger partial charge < -0.3 is 11.5 Å². The van der Waals surface area contributed by atoms with E-state index in [1.807, 2.05) is 6.92 Å². The van der Waals surface area contributed by atoms with Gasteiger partial charge in [-0.3, -0.25) is 0 Å². The van der Waals surface area contributed by atoms with E-state index in [1.165, 1.54) is 5.57 Å². The van der Waals surface area contributed by atoms with Crippen LogP contribution in [0.25, 0.3) is 0 Å². The van der Waals surface area contributed by atoms with Crippen molar-refractivity contribution in [2.75, 3.05) is 0 Å². The van der Waals surface area contributed by atoms with Crippen LogP contribution in [0.4, 0.5) is 0 Å². The number of rotatable bonds is 5. The lowest BCUT2D eigenvalue weighted by atomic mass is 10.0. The minimum absolute atomic E-state index is 0.151. The molecule has 0 aliphatic rings. The van der Waals surface area contributed by atoms with Crippen molar-refractivity contribution in [2.24, 2.45) is 11.5 Å². The van der Waals surface area contributed by atoms with E-state index in [0.29, 0.717) is 0 Å². The third-order valence-electron chi connectivity index (χ3n) is 2.04. The molecule has 12 heavy (non-hydrogen) atoms. The van der Waals surface area contributed by atoms with Crippen LogP contribution in [-0.2, 0) is 0 Å². The highest BCUT2D eigenvalue weighted by molar-refractivity contribution is 5.11. The molecule has 0 aromatic carbocycles. The molecule has 0 aliphatic heterocycles. The van der Waals surface area contributed by atoms with Gasteiger partial charge in [-0.1, -0.05) is 31.9 Å². The van der Waals surface area contributed by atoms with Crippen LogP contribution < -0.4 is 11.5 Å². The number of hydrogen-bond acceptors (Lipinski definition) is 2. The first-order valence-corrected chi connectivity index (χ1v) is 4.83. The molecule has 0 amide bonds. The second-order valence-electron chi connectivity index (χ2n) is 3.34. The molecule has 0 saturated carbocycles. The van der Waals surface area contributed by atoms with Gasteiger partial charge in [-0.25, -0.2) is 0 Å².